The van der Waals surface area contributed by atoms with E-state index in [-0.39, 0.29) is 18.0 Å². The Hall–Kier alpha value is -2.37. The summed E-state index contributed by atoms with van der Waals surface area (Å²) < 4.78 is 11.2. The molecule has 0 saturated carbocycles. The Morgan fingerprint density at radius 2 is 1.74 bits per heavy atom. The van der Waals surface area contributed by atoms with Crippen molar-refractivity contribution in [2.75, 3.05) is 19.7 Å². The summed E-state index contributed by atoms with van der Waals surface area (Å²) in [5, 5.41) is 10.6. The summed E-state index contributed by atoms with van der Waals surface area (Å²) in [6, 6.07) is 14.6. The number of aliphatic hydroxyl groups excluding tert-OH is 1. The molecule has 0 aromatic heterocycles. The van der Waals surface area contributed by atoms with Gasteiger partial charge in [0.15, 0.2) is 5.60 Å². The molecule has 0 aliphatic carbocycles. The fourth-order valence-corrected chi connectivity index (χ4v) is 4.34. The minimum absolute atomic E-state index is 0.199. The van der Waals surface area contributed by atoms with E-state index in [1.165, 1.54) is 11.1 Å². The molecule has 0 spiro atoms. The number of rotatable bonds is 8. The Morgan fingerprint density at radius 1 is 1.10 bits per heavy atom. The lowest BCUT2D eigenvalue weighted by atomic mass is 9.94. The molecule has 1 aliphatic heterocycles. The van der Waals surface area contributed by atoms with Gasteiger partial charge in [0, 0.05) is 25.6 Å². The highest BCUT2D eigenvalue weighted by Crippen LogP contribution is 2.31. The van der Waals surface area contributed by atoms with Crippen LogP contribution in [0.25, 0.3) is 0 Å². The molecule has 1 N–H and O–H groups in total. The van der Waals surface area contributed by atoms with E-state index in [1.54, 1.807) is 20.8 Å². The summed E-state index contributed by atoms with van der Waals surface area (Å²) in [7, 11) is 0. The quantitative estimate of drug-likeness (QED) is 0.647. The van der Waals surface area contributed by atoms with Crippen LogP contribution in [0.3, 0.4) is 0 Å². The van der Waals surface area contributed by atoms with Gasteiger partial charge in [0.2, 0.25) is 0 Å². The van der Waals surface area contributed by atoms with Crippen LogP contribution < -0.4 is 4.74 Å². The first-order chi connectivity index (χ1) is 14.7. The third-order valence-corrected chi connectivity index (χ3v) is 5.87. The zero-order valence-electron chi connectivity index (χ0n) is 19.4. The number of likely N-dealkylation sites (tertiary alicyclic amines) is 1. The number of β-amino-alcohol motifs (C(OH)–C–C–N with tert-alkyl or cyclic N) is 1. The van der Waals surface area contributed by atoms with E-state index < -0.39 is 5.60 Å². The van der Waals surface area contributed by atoms with Crippen LogP contribution in [0.4, 0.5) is 0 Å². The van der Waals surface area contributed by atoms with Gasteiger partial charge in [-0.1, -0.05) is 42.5 Å². The lowest BCUT2D eigenvalue weighted by Gasteiger charge is -2.26. The number of benzene rings is 2. The summed E-state index contributed by atoms with van der Waals surface area (Å²) in [6.45, 7) is 12.0. The fraction of sp³-hybridized carbons (Fsp3) is 0.500. The van der Waals surface area contributed by atoms with Crippen molar-refractivity contribution in [1.82, 2.24) is 4.90 Å². The fourth-order valence-electron chi connectivity index (χ4n) is 4.34. The third-order valence-electron chi connectivity index (χ3n) is 5.87. The van der Waals surface area contributed by atoms with Gasteiger partial charge < -0.3 is 14.6 Å². The van der Waals surface area contributed by atoms with Gasteiger partial charge in [-0.25, -0.2) is 4.79 Å². The summed E-state index contributed by atoms with van der Waals surface area (Å²) in [5.74, 6) is 0.551. The maximum absolute atomic E-state index is 12.2. The van der Waals surface area contributed by atoms with Crippen molar-refractivity contribution in [2.45, 2.75) is 59.3 Å². The molecule has 3 rings (SSSR count). The van der Waals surface area contributed by atoms with Gasteiger partial charge in [-0.15, -0.1) is 0 Å². The van der Waals surface area contributed by atoms with E-state index in [0.29, 0.717) is 13.2 Å². The van der Waals surface area contributed by atoms with Crippen LogP contribution in [0.2, 0.25) is 0 Å². The number of nitrogens with zero attached hydrogens (tertiary/aromatic N) is 1. The van der Waals surface area contributed by atoms with Gasteiger partial charge in [-0.2, -0.15) is 0 Å². The monoisotopic (exact) mass is 425 g/mol. The Morgan fingerprint density at radius 3 is 2.35 bits per heavy atom. The van der Waals surface area contributed by atoms with Crippen molar-refractivity contribution in [3.05, 3.63) is 64.7 Å². The molecule has 1 aliphatic rings. The van der Waals surface area contributed by atoms with Crippen molar-refractivity contribution in [3.63, 3.8) is 0 Å². The maximum atomic E-state index is 12.2. The van der Waals surface area contributed by atoms with Crippen LogP contribution in [0.1, 0.15) is 43.0 Å². The lowest BCUT2D eigenvalue weighted by Crippen LogP contribution is -2.40. The number of esters is 1. The summed E-state index contributed by atoms with van der Waals surface area (Å²) in [6.07, 6.45) is 0.485. The first kappa shape index (κ1) is 23.3. The van der Waals surface area contributed by atoms with Crippen molar-refractivity contribution in [3.8, 4) is 5.75 Å². The summed E-state index contributed by atoms with van der Waals surface area (Å²) in [5.41, 5.74) is 3.38. The molecule has 31 heavy (non-hydrogen) atoms. The molecule has 2 aromatic rings. The topological polar surface area (TPSA) is 59.0 Å². The largest absolute Gasteiger partial charge is 0.476 e. The molecule has 2 atom stereocenters. The molecule has 2 unspecified atom stereocenters. The normalized spacial score (nSPS) is 19.4. The summed E-state index contributed by atoms with van der Waals surface area (Å²) in [4.78, 5) is 14.5. The number of carbonyl (C=O) groups excluding carboxylic acids is 1. The molecule has 0 radical (unpaired) electrons. The predicted molar refractivity (Wildman–Crippen MR) is 122 cm³/mol. The van der Waals surface area contributed by atoms with E-state index in [1.807, 2.05) is 19.9 Å². The van der Waals surface area contributed by atoms with Crippen molar-refractivity contribution >= 4 is 5.97 Å². The number of hydrogen-bond donors (Lipinski definition) is 1. The first-order valence-corrected chi connectivity index (χ1v) is 11.1. The molecule has 0 amide bonds. The molecule has 0 bridgehead atoms. The second kappa shape index (κ2) is 9.84. The second-order valence-corrected chi connectivity index (χ2v) is 9.10. The molecule has 1 fully saturated rings. The van der Waals surface area contributed by atoms with Crippen LogP contribution >= 0.6 is 0 Å². The highest BCUT2D eigenvalue weighted by atomic mass is 16.6. The highest BCUT2D eigenvalue weighted by Gasteiger charge is 2.34. The Bertz CT molecular complexity index is 871. The van der Waals surface area contributed by atoms with E-state index in [2.05, 4.69) is 41.3 Å². The SMILES string of the molecule is CCOC(=O)C(C)(C)Oc1c(C)cc(CC2CN(Cc3ccccc3)CC2O)cc1C. The minimum atomic E-state index is -1.05. The molecule has 168 valence electrons. The third kappa shape index (κ3) is 5.86. The standard InChI is InChI=1S/C26H35NO4/c1-6-30-25(29)26(4,5)31-24-18(2)12-21(13-19(24)3)14-22-16-27(17-23(22)28)15-20-10-8-7-9-11-20/h7-13,22-23,28H,6,14-17H2,1-5H3. The molecule has 5 heteroatoms. The van der Waals surface area contributed by atoms with Gasteiger partial charge in [-0.05, 0) is 63.3 Å². The molecular formula is C26H35NO4. The smallest absolute Gasteiger partial charge is 0.349 e. The number of carbonyl (C=O) groups is 1. The van der Waals surface area contributed by atoms with E-state index >= 15 is 0 Å². The second-order valence-electron chi connectivity index (χ2n) is 9.10. The molecule has 5 nitrogen and oxygen atoms in total. The maximum Gasteiger partial charge on any atom is 0.349 e. The van der Waals surface area contributed by atoms with Crippen LogP contribution in [-0.4, -0.2) is 47.4 Å². The Balaban J connectivity index is 1.67. The van der Waals surface area contributed by atoms with Crippen molar-refractivity contribution < 1.29 is 19.4 Å². The van der Waals surface area contributed by atoms with Gasteiger partial charge in [0.05, 0.1) is 12.7 Å². The van der Waals surface area contributed by atoms with Crippen molar-refractivity contribution in [2.24, 2.45) is 5.92 Å². The van der Waals surface area contributed by atoms with Crippen LogP contribution in [0.5, 0.6) is 5.75 Å². The van der Waals surface area contributed by atoms with Gasteiger partial charge in [0.25, 0.3) is 0 Å². The van der Waals surface area contributed by atoms with E-state index in [0.717, 1.165) is 36.4 Å². The molecule has 1 heterocycles. The van der Waals surface area contributed by atoms with Gasteiger partial charge in [0.1, 0.15) is 5.75 Å². The summed E-state index contributed by atoms with van der Waals surface area (Å²) >= 11 is 0. The average Bonchev–Trinajstić information content (AvgIpc) is 3.04. The van der Waals surface area contributed by atoms with Crippen LogP contribution in [0.15, 0.2) is 42.5 Å². The van der Waals surface area contributed by atoms with Gasteiger partial charge >= 0.3 is 5.97 Å². The minimum Gasteiger partial charge on any atom is -0.476 e. The zero-order chi connectivity index (χ0) is 22.6. The average molecular weight is 426 g/mol. The Labute approximate surface area is 186 Å². The number of ether oxygens (including phenoxy) is 2. The highest BCUT2D eigenvalue weighted by molar-refractivity contribution is 5.79. The van der Waals surface area contributed by atoms with E-state index in [4.69, 9.17) is 9.47 Å². The Kier molecular flexibility index (Phi) is 7.39. The first-order valence-electron chi connectivity index (χ1n) is 11.1. The van der Waals surface area contributed by atoms with Crippen LogP contribution in [-0.2, 0) is 22.5 Å². The molecule has 1 saturated heterocycles. The predicted octanol–water partition coefficient (Wildman–Crippen LogP) is 4.06. The van der Waals surface area contributed by atoms with Gasteiger partial charge in [-0.3, -0.25) is 4.90 Å². The zero-order valence-corrected chi connectivity index (χ0v) is 19.4. The number of hydrogen-bond acceptors (Lipinski definition) is 5. The van der Waals surface area contributed by atoms with Crippen molar-refractivity contribution in [1.29, 1.82) is 0 Å². The lowest BCUT2D eigenvalue weighted by molar-refractivity contribution is -0.158. The molecule has 2 aromatic carbocycles. The van der Waals surface area contributed by atoms with Crippen LogP contribution in [0, 0.1) is 19.8 Å². The molecular weight excluding hydrogens is 390 g/mol. The van der Waals surface area contributed by atoms with E-state index in [9.17, 15) is 9.90 Å². The number of aryl methyl sites for hydroxylation is 2. The number of aliphatic hydroxyl groups is 1.